The molecule has 6 heteroatoms. The first-order valence-corrected chi connectivity index (χ1v) is 7.73. The Labute approximate surface area is 128 Å². The SMILES string of the molecule is CC(Cc1ccsc1)NC(=O)NCC(C)(O)c1ccco1. The van der Waals surface area contributed by atoms with Crippen LogP contribution >= 0.6 is 11.3 Å². The molecule has 21 heavy (non-hydrogen) atoms. The molecule has 2 aromatic rings. The third kappa shape index (κ3) is 4.61. The molecule has 5 nitrogen and oxygen atoms in total. The molecule has 0 fully saturated rings. The Balaban J connectivity index is 1.77. The Morgan fingerprint density at radius 2 is 2.33 bits per heavy atom. The van der Waals surface area contributed by atoms with Crippen molar-refractivity contribution in [1.29, 1.82) is 0 Å². The summed E-state index contributed by atoms with van der Waals surface area (Å²) in [4.78, 5) is 11.8. The maximum Gasteiger partial charge on any atom is 0.315 e. The van der Waals surface area contributed by atoms with Crippen molar-refractivity contribution in [3.05, 3.63) is 46.5 Å². The molecular weight excluding hydrogens is 288 g/mol. The second-order valence-electron chi connectivity index (χ2n) is 5.31. The van der Waals surface area contributed by atoms with Gasteiger partial charge in [-0.05, 0) is 54.8 Å². The predicted octanol–water partition coefficient (Wildman–Crippen LogP) is 2.48. The zero-order valence-corrected chi connectivity index (χ0v) is 12.9. The van der Waals surface area contributed by atoms with Crippen LogP contribution in [0.15, 0.2) is 39.6 Å². The maximum atomic E-state index is 11.8. The van der Waals surface area contributed by atoms with E-state index in [9.17, 15) is 9.90 Å². The minimum Gasteiger partial charge on any atom is -0.466 e. The van der Waals surface area contributed by atoms with Gasteiger partial charge < -0.3 is 20.2 Å². The number of carbonyl (C=O) groups is 1. The minimum absolute atomic E-state index is 0.0214. The van der Waals surface area contributed by atoms with Gasteiger partial charge in [0.05, 0.1) is 12.8 Å². The summed E-state index contributed by atoms with van der Waals surface area (Å²) >= 11 is 1.64. The smallest absolute Gasteiger partial charge is 0.315 e. The van der Waals surface area contributed by atoms with Crippen molar-refractivity contribution in [2.45, 2.75) is 31.9 Å². The van der Waals surface area contributed by atoms with Gasteiger partial charge in [-0.3, -0.25) is 0 Å². The van der Waals surface area contributed by atoms with Crippen LogP contribution in [0.5, 0.6) is 0 Å². The molecule has 3 N–H and O–H groups in total. The lowest BCUT2D eigenvalue weighted by molar-refractivity contribution is 0.0366. The van der Waals surface area contributed by atoms with E-state index in [1.807, 2.05) is 18.4 Å². The molecule has 0 saturated heterocycles. The summed E-state index contributed by atoms with van der Waals surface area (Å²) in [6.07, 6.45) is 2.28. The van der Waals surface area contributed by atoms with Gasteiger partial charge in [-0.1, -0.05) is 0 Å². The summed E-state index contributed by atoms with van der Waals surface area (Å²) in [6.45, 7) is 3.63. The summed E-state index contributed by atoms with van der Waals surface area (Å²) in [5, 5.41) is 19.8. The van der Waals surface area contributed by atoms with Crippen molar-refractivity contribution in [2.24, 2.45) is 0 Å². The first-order valence-electron chi connectivity index (χ1n) is 6.79. The average molecular weight is 308 g/mol. The fourth-order valence-corrected chi connectivity index (χ4v) is 2.69. The number of amides is 2. The van der Waals surface area contributed by atoms with Crippen molar-refractivity contribution >= 4 is 17.4 Å². The lowest BCUT2D eigenvalue weighted by atomic mass is 10.0. The molecule has 0 radical (unpaired) electrons. The van der Waals surface area contributed by atoms with Gasteiger partial charge in [-0.2, -0.15) is 11.3 Å². The molecule has 114 valence electrons. The van der Waals surface area contributed by atoms with Crippen LogP contribution in [-0.2, 0) is 12.0 Å². The lowest BCUT2D eigenvalue weighted by Gasteiger charge is -2.22. The van der Waals surface area contributed by atoms with E-state index >= 15 is 0 Å². The third-order valence-electron chi connectivity index (χ3n) is 3.14. The topological polar surface area (TPSA) is 74.5 Å². The van der Waals surface area contributed by atoms with E-state index in [1.54, 1.807) is 30.4 Å². The van der Waals surface area contributed by atoms with E-state index in [4.69, 9.17) is 4.42 Å². The quantitative estimate of drug-likeness (QED) is 0.767. The highest BCUT2D eigenvalue weighted by atomic mass is 32.1. The predicted molar refractivity (Wildman–Crippen MR) is 82.3 cm³/mol. The number of urea groups is 1. The number of hydrogen-bond acceptors (Lipinski definition) is 4. The summed E-state index contributed by atoms with van der Waals surface area (Å²) in [7, 11) is 0. The zero-order valence-electron chi connectivity index (χ0n) is 12.1. The van der Waals surface area contributed by atoms with Crippen molar-refractivity contribution < 1.29 is 14.3 Å². The lowest BCUT2D eigenvalue weighted by Crippen LogP contribution is -2.46. The van der Waals surface area contributed by atoms with Crippen molar-refractivity contribution in [2.75, 3.05) is 6.54 Å². The van der Waals surface area contributed by atoms with Gasteiger partial charge in [-0.25, -0.2) is 4.79 Å². The van der Waals surface area contributed by atoms with Gasteiger partial charge in [0.15, 0.2) is 0 Å². The monoisotopic (exact) mass is 308 g/mol. The van der Waals surface area contributed by atoms with E-state index < -0.39 is 5.60 Å². The largest absolute Gasteiger partial charge is 0.466 e. The highest BCUT2D eigenvalue weighted by Crippen LogP contribution is 2.19. The van der Waals surface area contributed by atoms with Crippen LogP contribution in [0.2, 0.25) is 0 Å². The number of hydrogen-bond donors (Lipinski definition) is 3. The molecule has 0 aliphatic rings. The van der Waals surface area contributed by atoms with Crippen LogP contribution in [0.3, 0.4) is 0 Å². The maximum absolute atomic E-state index is 11.8. The Bertz CT molecular complexity index is 550. The van der Waals surface area contributed by atoms with E-state index in [0.717, 1.165) is 6.42 Å². The third-order valence-corrected chi connectivity index (χ3v) is 3.88. The molecular formula is C15H20N2O3S. The summed E-state index contributed by atoms with van der Waals surface area (Å²) in [5.74, 6) is 0.425. The molecule has 2 amide bonds. The molecule has 0 saturated carbocycles. The second-order valence-corrected chi connectivity index (χ2v) is 6.09. The van der Waals surface area contributed by atoms with Gasteiger partial charge >= 0.3 is 6.03 Å². The molecule has 2 rings (SSSR count). The standard InChI is InChI=1S/C15H20N2O3S/c1-11(8-12-5-7-21-9-12)17-14(18)16-10-15(2,19)13-4-3-6-20-13/h3-7,9,11,19H,8,10H2,1-2H3,(H2,16,17,18). The first kappa shape index (κ1) is 15.6. The van der Waals surface area contributed by atoms with E-state index in [2.05, 4.69) is 16.0 Å². The minimum atomic E-state index is -1.22. The number of carbonyl (C=O) groups excluding carboxylic acids is 1. The van der Waals surface area contributed by atoms with Gasteiger partial charge in [0.1, 0.15) is 11.4 Å². The van der Waals surface area contributed by atoms with Crippen LogP contribution in [0.4, 0.5) is 4.79 Å². The first-order chi connectivity index (χ1) is 9.97. The van der Waals surface area contributed by atoms with Crippen LogP contribution in [0, 0.1) is 0 Å². The molecule has 0 aromatic carbocycles. The van der Waals surface area contributed by atoms with Crippen LogP contribution < -0.4 is 10.6 Å². The number of rotatable bonds is 6. The Kier molecular flexibility index (Phi) is 5.03. The number of thiophene rings is 1. The zero-order chi connectivity index (χ0) is 15.3. The van der Waals surface area contributed by atoms with Crippen LogP contribution in [-0.4, -0.2) is 23.7 Å². The molecule has 0 bridgehead atoms. The Morgan fingerprint density at radius 1 is 1.52 bits per heavy atom. The fourth-order valence-electron chi connectivity index (χ4n) is 2.01. The van der Waals surface area contributed by atoms with Gasteiger partial charge in [-0.15, -0.1) is 0 Å². The van der Waals surface area contributed by atoms with Crippen LogP contribution in [0.25, 0.3) is 0 Å². The Hall–Kier alpha value is -1.79. The number of furan rings is 1. The molecule has 2 heterocycles. The van der Waals surface area contributed by atoms with Crippen LogP contribution in [0.1, 0.15) is 25.2 Å². The Morgan fingerprint density at radius 3 is 2.95 bits per heavy atom. The molecule has 2 atom stereocenters. The molecule has 0 spiro atoms. The molecule has 2 unspecified atom stereocenters. The van der Waals surface area contributed by atoms with E-state index in [-0.39, 0.29) is 18.6 Å². The number of aliphatic hydroxyl groups is 1. The summed E-state index contributed by atoms with van der Waals surface area (Å²) in [6, 6.07) is 5.14. The molecule has 0 aliphatic heterocycles. The fraction of sp³-hybridized carbons (Fsp3) is 0.400. The van der Waals surface area contributed by atoms with Crippen molar-refractivity contribution in [3.8, 4) is 0 Å². The molecule has 2 aromatic heterocycles. The summed E-state index contributed by atoms with van der Waals surface area (Å²) < 4.78 is 5.16. The summed E-state index contributed by atoms with van der Waals surface area (Å²) in [5.41, 5.74) is -0.0207. The van der Waals surface area contributed by atoms with Crippen molar-refractivity contribution in [1.82, 2.24) is 10.6 Å². The van der Waals surface area contributed by atoms with Gasteiger partial charge in [0.2, 0.25) is 0 Å². The average Bonchev–Trinajstić information content (AvgIpc) is 3.09. The highest BCUT2D eigenvalue weighted by Gasteiger charge is 2.26. The van der Waals surface area contributed by atoms with Crippen molar-refractivity contribution in [3.63, 3.8) is 0 Å². The van der Waals surface area contributed by atoms with Gasteiger partial charge in [0, 0.05) is 6.04 Å². The normalized spacial score (nSPS) is 15.2. The van der Waals surface area contributed by atoms with E-state index in [0.29, 0.717) is 5.76 Å². The highest BCUT2D eigenvalue weighted by molar-refractivity contribution is 7.07. The number of nitrogens with one attached hydrogen (secondary N) is 2. The second kappa shape index (κ2) is 6.78. The van der Waals surface area contributed by atoms with E-state index in [1.165, 1.54) is 11.8 Å². The molecule has 0 aliphatic carbocycles. The van der Waals surface area contributed by atoms with Gasteiger partial charge in [0.25, 0.3) is 0 Å².